The minimum atomic E-state index is -0.193. The molecule has 1 aromatic carbocycles. The second kappa shape index (κ2) is 6.69. The Bertz CT molecular complexity index is 423. The van der Waals surface area contributed by atoms with Crippen LogP contribution in [-0.2, 0) is 6.42 Å². The van der Waals surface area contributed by atoms with Gasteiger partial charge < -0.3 is 10.2 Å². The molecule has 1 N–H and O–H groups in total. The Hall–Kier alpha value is -0.640. The molecule has 0 aliphatic carbocycles. The third-order valence-corrected chi connectivity index (χ3v) is 4.50. The van der Waals surface area contributed by atoms with Gasteiger partial charge >= 0.3 is 0 Å². The van der Waals surface area contributed by atoms with E-state index in [9.17, 15) is 4.39 Å². The first kappa shape index (κ1) is 16.4. The fraction of sp³-hybridized carbons (Fsp3) is 0.600. The molecule has 0 aliphatic rings. The standard InChI is InChI=1S/C15H24ClFN2/c1-6-15(2,19(4)5)14(18-3)10-11-9-12(16)7-8-13(11)17/h7-9,14,18H,6,10H2,1-5H3. The van der Waals surface area contributed by atoms with Crippen molar-refractivity contribution in [2.75, 3.05) is 21.1 Å². The van der Waals surface area contributed by atoms with Gasteiger partial charge in [0.05, 0.1) is 0 Å². The van der Waals surface area contributed by atoms with Gasteiger partial charge in [-0.2, -0.15) is 0 Å². The highest BCUT2D eigenvalue weighted by molar-refractivity contribution is 6.30. The van der Waals surface area contributed by atoms with Gasteiger partial charge in [-0.3, -0.25) is 0 Å². The second-order valence-corrected chi connectivity index (χ2v) is 5.82. The van der Waals surface area contributed by atoms with E-state index < -0.39 is 0 Å². The van der Waals surface area contributed by atoms with Crippen LogP contribution in [0.2, 0.25) is 5.02 Å². The first-order valence-corrected chi connectivity index (χ1v) is 7.01. The minimum absolute atomic E-state index is 0.0382. The number of benzene rings is 1. The average Bonchev–Trinajstić information content (AvgIpc) is 2.38. The Morgan fingerprint density at radius 1 is 1.42 bits per heavy atom. The summed E-state index contributed by atoms with van der Waals surface area (Å²) in [4.78, 5) is 2.19. The number of nitrogens with zero attached hydrogens (tertiary/aromatic N) is 1. The maximum atomic E-state index is 13.9. The van der Waals surface area contributed by atoms with Crippen LogP contribution in [0.3, 0.4) is 0 Å². The molecule has 0 bridgehead atoms. The highest BCUT2D eigenvalue weighted by atomic mass is 35.5. The molecule has 0 radical (unpaired) electrons. The van der Waals surface area contributed by atoms with E-state index in [2.05, 4.69) is 38.2 Å². The zero-order valence-corrected chi connectivity index (χ0v) is 13.2. The van der Waals surface area contributed by atoms with E-state index in [0.29, 0.717) is 17.0 Å². The van der Waals surface area contributed by atoms with E-state index in [1.165, 1.54) is 6.07 Å². The van der Waals surface area contributed by atoms with Crippen molar-refractivity contribution in [3.63, 3.8) is 0 Å². The molecular formula is C15H24ClFN2. The molecular weight excluding hydrogens is 263 g/mol. The highest BCUT2D eigenvalue weighted by Crippen LogP contribution is 2.25. The number of rotatable bonds is 6. The summed E-state index contributed by atoms with van der Waals surface area (Å²) in [5.74, 6) is -0.193. The van der Waals surface area contributed by atoms with Gasteiger partial charge in [0, 0.05) is 16.6 Å². The number of likely N-dealkylation sites (N-methyl/N-ethyl adjacent to an activating group) is 2. The Morgan fingerprint density at radius 3 is 2.53 bits per heavy atom. The summed E-state index contributed by atoms with van der Waals surface area (Å²) in [5, 5.41) is 3.90. The molecule has 2 unspecified atom stereocenters. The lowest BCUT2D eigenvalue weighted by molar-refractivity contribution is 0.116. The van der Waals surface area contributed by atoms with Crippen LogP contribution in [0, 0.1) is 5.82 Å². The lowest BCUT2D eigenvalue weighted by atomic mass is 9.84. The van der Waals surface area contributed by atoms with Crippen LogP contribution in [0.1, 0.15) is 25.8 Å². The molecule has 0 spiro atoms. The van der Waals surface area contributed by atoms with E-state index >= 15 is 0 Å². The SMILES string of the molecule is CCC(C)(C(Cc1cc(Cl)ccc1F)NC)N(C)C. The van der Waals surface area contributed by atoms with Gasteiger partial charge in [0.15, 0.2) is 0 Å². The van der Waals surface area contributed by atoms with Crippen molar-refractivity contribution >= 4 is 11.6 Å². The largest absolute Gasteiger partial charge is 0.315 e. The average molecular weight is 287 g/mol. The predicted octanol–water partition coefficient (Wildman–Crippen LogP) is 3.34. The van der Waals surface area contributed by atoms with Gasteiger partial charge in [0.25, 0.3) is 0 Å². The van der Waals surface area contributed by atoms with E-state index in [0.717, 1.165) is 6.42 Å². The number of halogens is 2. The third-order valence-electron chi connectivity index (χ3n) is 4.27. The van der Waals surface area contributed by atoms with E-state index in [1.807, 2.05) is 7.05 Å². The topological polar surface area (TPSA) is 15.3 Å². The minimum Gasteiger partial charge on any atom is -0.315 e. The van der Waals surface area contributed by atoms with Crippen molar-refractivity contribution in [3.8, 4) is 0 Å². The van der Waals surface area contributed by atoms with Gasteiger partial charge in [0.1, 0.15) is 5.82 Å². The number of hydrogen-bond acceptors (Lipinski definition) is 2. The van der Waals surface area contributed by atoms with Crippen LogP contribution in [0.4, 0.5) is 4.39 Å². The van der Waals surface area contributed by atoms with E-state index in [1.54, 1.807) is 12.1 Å². The van der Waals surface area contributed by atoms with Crippen LogP contribution >= 0.6 is 11.6 Å². The van der Waals surface area contributed by atoms with Gasteiger partial charge in [0.2, 0.25) is 0 Å². The van der Waals surface area contributed by atoms with E-state index in [-0.39, 0.29) is 17.4 Å². The van der Waals surface area contributed by atoms with Crippen LogP contribution in [0.25, 0.3) is 0 Å². The second-order valence-electron chi connectivity index (χ2n) is 5.39. The van der Waals surface area contributed by atoms with Crippen LogP contribution in [-0.4, -0.2) is 37.6 Å². The Kier molecular flexibility index (Phi) is 5.78. The normalized spacial score (nSPS) is 16.4. The molecule has 2 atom stereocenters. The molecule has 0 amide bonds. The number of nitrogens with one attached hydrogen (secondary N) is 1. The first-order chi connectivity index (χ1) is 8.85. The molecule has 0 aromatic heterocycles. The van der Waals surface area contributed by atoms with Gasteiger partial charge in [-0.1, -0.05) is 18.5 Å². The summed E-state index contributed by atoms with van der Waals surface area (Å²) >= 11 is 5.96. The Labute approximate surface area is 120 Å². The van der Waals surface area contributed by atoms with Crippen molar-refractivity contribution in [1.29, 1.82) is 0 Å². The first-order valence-electron chi connectivity index (χ1n) is 6.63. The fourth-order valence-electron chi connectivity index (χ4n) is 2.43. The molecule has 19 heavy (non-hydrogen) atoms. The molecule has 4 heteroatoms. The summed E-state index contributed by atoms with van der Waals surface area (Å²) in [7, 11) is 6.04. The van der Waals surface area contributed by atoms with Crippen molar-refractivity contribution < 1.29 is 4.39 Å². The molecule has 0 heterocycles. The van der Waals surface area contributed by atoms with Crippen molar-refractivity contribution in [2.24, 2.45) is 0 Å². The quantitative estimate of drug-likeness (QED) is 0.863. The van der Waals surface area contributed by atoms with Gasteiger partial charge in [-0.15, -0.1) is 0 Å². The molecule has 0 saturated carbocycles. The highest BCUT2D eigenvalue weighted by Gasteiger charge is 2.34. The third kappa shape index (κ3) is 3.68. The zero-order valence-electron chi connectivity index (χ0n) is 12.4. The van der Waals surface area contributed by atoms with Crippen molar-refractivity contribution in [1.82, 2.24) is 10.2 Å². The van der Waals surface area contributed by atoms with Crippen molar-refractivity contribution in [3.05, 3.63) is 34.6 Å². The van der Waals surface area contributed by atoms with Gasteiger partial charge in [-0.25, -0.2) is 4.39 Å². The lowest BCUT2D eigenvalue weighted by Crippen LogP contribution is -2.57. The Balaban J connectivity index is 3.02. The molecule has 108 valence electrons. The molecule has 0 saturated heterocycles. The summed E-state index contributed by atoms with van der Waals surface area (Å²) in [6.45, 7) is 4.34. The molecule has 2 nitrogen and oxygen atoms in total. The maximum absolute atomic E-state index is 13.9. The van der Waals surface area contributed by atoms with Crippen LogP contribution in [0.5, 0.6) is 0 Å². The summed E-state index contributed by atoms with van der Waals surface area (Å²) in [5.41, 5.74) is 0.622. The van der Waals surface area contributed by atoms with Crippen LogP contribution in [0.15, 0.2) is 18.2 Å². The Morgan fingerprint density at radius 2 is 2.05 bits per heavy atom. The van der Waals surface area contributed by atoms with Gasteiger partial charge in [-0.05, 0) is 64.7 Å². The van der Waals surface area contributed by atoms with Crippen molar-refractivity contribution in [2.45, 2.75) is 38.3 Å². The maximum Gasteiger partial charge on any atom is 0.126 e. The lowest BCUT2D eigenvalue weighted by Gasteiger charge is -2.42. The summed E-state index contributed by atoms with van der Waals surface area (Å²) in [6.07, 6.45) is 1.60. The van der Waals surface area contributed by atoms with Crippen LogP contribution < -0.4 is 5.32 Å². The van der Waals surface area contributed by atoms with E-state index in [4.69, 9.17) is 11.6 Å². The monoisotopic (exact) mass is 286 g/mol. The molecule has 0 fully saturated rings. The smallest absolute Gasteiger partial charge is 0.126 e. The predicted molar refractivity (Wildman–Crippen MR) is 80.3 cm³/mol. The zero-order chi connectivity index (χ0) is 14.6. The molecule has 1 aromatic rings. The summed E-state index contributed by atoms with van der Waals surface area (Å²) < 4.78 is 13.9. The molecule has 0 aliphatic heterocycles. The summed E-state index contributed by atoms with van der Waals surface area (Å²) in [6, 6.07) is 4.89. The molecule has 1 rings (SSSR count). The fourth-order valence-corrected chi connectivity index (χ4v) is 2.62. The number of hydrogen-bond donors (Lipinski definition) is 1.